The van der Waals surface area contributed by atoms with Gasteiger partial charge in [0, 0.05) is 30.5 Å². The number of aliphatic imine (C=N–C) groups is 1. The first-order valence-electron chi connectivity index (χ1n) is 8.03. The van der Waals surface area contributed by atoms with Gasteiger partial charge in [-0.15, -0.1) is 0 Å². The van der Waals surface area contributed by atoms with E-state index < -0.39 is 0 Å². The molecule has 0 saturated heterocycles. The molecule has 0 aliphatic heterocycles. The Bertz CT molecular complexity index is 700. The number of hydrogen-bond acceptors (Lipinski definition) is 6. The molecule has 4 N–H and O–H groups in total. The van der Waals surface area contributed by atoms with Crippen LogP contribution in [0, 0.1) is 5.41 Å². The van der Waals surface area contributed by atoms with Crippen molar-refractivity contribution in [3.05, 3.63) is 42.3 Å². The highest BCUT2D eigenvalue weighted by Gasteiger charge is 2.16. The van der Waals surface area contributed by atoms with Crippen molar-refractivity contribution in [3.8, 4) is 5.75 Å². The number of nitrogens with zero attached hydrogens (tertiary/aromatic N) is 2. The zero-order valence-electron chi connectivity index (χ0n) is 15.7. The number of carbonyl (C=O) groups is 1. The lowest BCUT2D eigenvalue weighted by molar-refractivity contribution is -0.113. The van der Waals surface area contributed by atoms with Crippen LogP contribution in [0.2, 0.25) is 0 Å². The number of nitrogen functional groups attached to an aromatic ring is 1. The maximum absolute atomic E-state index is 11.3. The number of Topliss-reactive ketones (excluding diaryl/α,β-unsaturated/α-hetero) is 1. The van der Waals surface area contributed by atoms with Crippen LogP contribution in [0.5, 0.6) is 5.75 Å². The second-order valence-corrected chi connectivity index (χ2v) is 6.96. The predicted octanol–water partition coefficient (Wildman–Crippen LogP) is 3.45. The molecule has 1 rings (SSSR count). The topological polar surface area (TPSA) is 93.9 Å². The second-order valence-electron chi connectivity index (χ2n) is 6.96. The lowest BCUT2D eigenvalue weighted by atomic mass is 9.96. The number of carbonyl (C=O) groups excluding carboxylic acids is 1. The molecule has 0 spiro atoms. The molecule has 0 amide bonds. The van der Waals surface area contributed by atoms with Crippen LogP contribution in [0.4, 0.5) is 11.4 Å². The van der Waals surface area contributed by atoms with Crippen molar-refractivity contribution in [1.29, 1.82) is 0 Å². The first-order chi connectivity index (χ1) is 11.5. The Kier molecular flexibility index (Phi) is 6.94. The quantitative estimate of drug-likeness (QED) is 0.150. The van der Waals surface area contributed by atoms with Gasteiger partial charge in [-0.05, 0) is 31.4 Å². The van der Waals surface area contributed by atoms with Crippen molar-refractivity contribution in [3.63, 3.8) is 0 Å². The van der Waals surface area contributed by atoms with E-state index in [1.54, 1.807) is 36.3 Å². The number of anilines is 2. The molecule has 0 aliphatic rings. The average molecular weight is 344 g/mol. The van der Waals surface area contributed by atoms with Gasteiger partial charge in [-0.3, -0.25) is 4.79 Å². The maximum Gasteiger partial charge on any atom is 0.219 e. The van der Waals surface area contributed by atoms with E-state index >= 15 is 0 Å². The zero-order chi connectivity index (χ0) is 19.2. The average Bonchev–Trinajstić information content (AvgIpc) is 2.45. The van der Waals surface area contributed by atoms with Gasteiger partial charge in [-0.25, -0.2) is 10.8 Å². The Morgan fingerprint density at radius 2 is 2.04 bits per heavy atom. The number of hydrazine groups is 1. The minimum absolute atomic E-state index is 0.0369. The van der Waals surface area contributed by atoms with Gasteiger partial charge in [-0.2, -0.15) is 0 Å². The molecule has 0 heterocycles. The first kappa shape index (κ1) is 20.4. The van der Waals surface area contributed by atoms with Crippen molar-refractivity contribution in [1.82, 2.24) is 0 Å². The predicted molar refractivity (Wildman–Crippen MR) is 105 cm³/mol. The summed E-state index contributed by atoms with van der Waals surface area (Å²) in [5.41, 5.74) is 7.67. The van der Waals surface area contributed by atoms with E-state index in [2.05, 4.69) is 32.3 Å². The maximum atomic E-state index is 11.3. The minimum atomic E-state index is -0.150. The summed E-state index contributed by atoms with van der Waals surface area (Å²) in [4.78, 5) is 15.4. The number of nitrogens with two attached hydrogens (primary N) is 2. The molecule has 0 bridgehead atoms. The minimum Gasteiger partial charge on any atom is -0.439 e. The van der Waals surface area contributed by atoms with Gasteiger partial charge < -0.3 is 15.5 Å². The van der Waals surface area contributed by atoms with Gasteiger partial charge in [-0.1, -0.05) is 27.4 Å². The summed E-state index contributed by atoms with van der Waals surface area (Å²) in [5.74, 6) is 6.72. The van der Waals surface area contributed by atoms with Crippen LogP contribution in [0.25, 0.3) is 0 Å². The number of hydrogen-bond donors (Lipinski definition) is 2. The van der Waals surface area contributed by atoms with Crippen LogP contribution in [-0.2, 0) is 4.79 Å². The second kappa shape index (κ2) is 8.48. The fourth-order valence-electron chi connectivity index (χ4n) is 2.05. The summed E-state index contributed by atoms with van der Waals surface area (Å²) in [6, 6.07) is 5.22. The van der Waals surface area contributed by atoms with Gasteiger partial charge >= 0.3 is 0 Å². The van der Waals surface area contributed by atoms with E-state index in [0.29, 0.717) is 23.6 Å². The molecule has 136 valence electrons. The smallest absolute Gasteiger partial charge is 0.219 e. The summed E-state index contributed by atoms with van der Waals surface area (Å²) in [6.07, 6.45) is 3.06. The van der Waals surface area contributed by atoms with Gasteiger partial charge in [0.1, 0.15) is 5.75 Å². The Morgan fingerprint density at radius 3 is 2.52 bits per heavy atom. The van der Waals surface area contributed by atoms with Crippen LogP contribution in [0.15, 0.2) is 47.3 Å². The van der Waals surface area contributed by atoms with Gasteiger partial charge in [0.2, 0.25) is 5.88 Å². The van der Waals surface area contributed by atoms with Gasteiger partial charge in [0.15, 0.2) is 5.78 Å². The van der Waals surface area contributed by atoms with Crippen LogP contribution in [-0.4, -0.2) is 18.5 Å². The SMILES string of the molecule is C=C(/C=C(\N=C/C)Oc1ccc(N(N)CC(C)(C)C)c(N)c1)C(C)=O. The summed E-state index contributed by atoms with van der Waals surface area (Å²) < 4.78 is 5.70. The lowest BCUT2D eigenvalue weighted by Gasteiger charge is -2.28. The largest absolute Gasteiger partial charge is 0.439 e. The summed E-state index contributed by atoms with van der Waals surface area (Å²) in [7, 11) is 0. The van der Waals surface area contributed by atoms with Gasteiger partial charge in [0.25, 0.3) is 0 Å². The third-order valence-electron chi connectivity index (χ3n) is 3.18. The fraction of sp³-hybridized carbons (Fsp3) is 0.368. The molecule has 0 atom stereocenters. The lowest BCUT2D eigenvalue weighted by Crippen LogP contribution is -2.38. The highest BCUT2D eigenvalue weighted by molar-refractivity contribution is 5.95. The van der Waals surface area contributed by atoms with E-state index in [-0.39, 0.29) is 17.1 Å². The van der Waals surface area contributed by atoms with Crippen LogP contribution in [0.3, 0.4) is 0 Å². The normalized spacial score (nSPS) is 12.3. The van der Waals surface area contributed by atoms with Crippen LogP contribution < -0.4 is 21.3 Å². The number of allylic oxidation sites excluding steroid dienone is 2. The molecule has 25 heavy (non-hydrogen) atoms. The van der Waals surface area contributed by atoms with E-state index in [9.17, 15) is 4.79 Å². The molecule has 0 unspecified atom stereocenters. The van der Waals surface area contributed by atoms with Crippen LogP contribution in [0.1, 0.15) is 34.6 Å². The molecule has 1 aromatic carbocycles. The Labute approximate surface area is 149 Å². The Morgan fingerprint density at radius 1 is 1.40 bits per heavy atom. The van der Waals surface area contributed by atoms with Crippen LogP contribution >= 0.6 is 0 Å². The molecule has 6 nitrogen and oxygen atoms in total. The summed E-state index contributed by atoms with van der Waals surface area (Å²) in [6.45, 7) is 13.8. The molecule has 0 fully saturated rings. The van der Waals surface area contributed by atoms with E-state index in [4.69, 9.17) is 16.3 Å². The Balaban J connectivity index is 3.02. The summed E-state index contributed by atoms with van der Waals surface area (Å²) in [5, 5.41) is 1.62. The van der Waals surface area contributed by atoms with Crippen molar-refractivity contribution in [2.75, 3.05) is 17.3 Å². The molecule has 0 radical (unpaired) electrons. The van der Waals surface area contributed by atoms with Crippen molar-refractivity contribution >= 4 is 23.4 Å². The van der Waals surface area contributed by atoms with E-state index in [0.717, 1.165) is 5.69 Å². The number of ketones is 1. The first-order valence-corrected chi connectivity index (χ1v) is 8.03. The number of ether oxygens (including phenoxy) is 1. The van der Waals surface area contributed by atoms with E-state index in [1.807, 2.05) is 0 Å². The molecule has 0 aliphatic carbocycles. The third kappa shape index (κ3) is 6.81. The van der Waals surface area contributed by atoms with E-state index in [1.165, 1.54) is 13.0 Å². The molecule has 6 heteroatoms. The molecule has 0 aromatic heterocycles. The number of rotatable bonds is 7. The van der Waals surface area contributed by atoms with Crippen molar-refractivity contribution in [2.45, 2.75) is 34.6 Å². The molecule has 1 aromatic rings. The number of benzene rings is 1. The summed E-state index contributed by atoms with van der Waals surface area (Å²) >= 11 is 0. The standard InChI is InChI=1S/C19H28N4O2/c1-7-22-18(10-13(2)14(3)24)25-15-8-9-17(16(20)11-15)23(21)12-19(4,5)6/h7-11H,2,12,20-21H2,1,3-6H3/b18-10+,22-7-. The highest BCUT2D eigenvalue weighted by atomic mass is 16.5. The van der Waals surface area contributed by atoms with Crippen molar-refractivity contribution < 1.29 is 9.53 Å². The van der Waals surface area contributed by atoms with Crippen molar-refractivity contribution in [2.24, 2.45) is 16.3 Å². The monoisotopic (exact) mass is 344 g/mol. The van der Waals surface area contributed by atoms with Gasteiger partial charge in [0.05, 0.1) is 11.4 Å². The molecular formula is C19H28N4O2. The Hall–Kier alpha value is -2.60. The zero-order valence-corrected chi connectivity index (χ0v) is 15.7. The molecule has 0 saturated carbocycles. The highest BCUT2D eigenvalue weighted by Crippen LogP contribution is 2.29. The third-order valence-corrected chi connectivity index (χ3v) is 3.18. The molecular weight excluding hydrogens is 316 g/mol. The fourth-order valence-corrected chi connectivity index (χ4v) is 2.05.